The smallest absolute Gasteiger partial charge is 0.375 e. The van der Waals surface area contributed by atoms with Crippen molar-refractivity contribution in [2.75, 3.05) is 24.9 Å². The minimum absolute atomic E-state index is 0.280. The molecule has 0 bridgehead atoms. The molecule has 0 N–H and O–H groups in total. The fourth-order valence-electron chi connectivity index (χ4n) is 1.46. The fraction of sp³-hybridized carbons (Fsp3) is 0.375. The van der Waals surface area contributed by atoms with Crippen molar-refractivity contribution in [2.45, 2.75) is 0 Å². The van der Waals surface area contributed by atoms with Crippen molar-refractivity contribution in [1.82, 2.24) is 9.79 Å². The van der Waals surface area contributed by atoms with Crippen LogP contribution in [0.15, 0.2) is 24.4 Å². The highest BCUT2D eigenvalue weighted by atomic mass is 79.9. The molecule has 2 rings (SSSR count). The molecule has 0 saturated carbocycles. The first-order chi connectivity index (χ1) is 6.29. The molecule has 1 aliphatic rings. The van der Waals surface area contributed by atoms with Gasteiger partial charge < -0.3 is 9.62 Å². The van der Waals surface area contributed by atoms with Crippen LogP contribution >= 0.6 is 15.8 Å². The van der Waals surface area contributed by atoms with Gasteiger partial charge in [-0.3, -0.25) is 0 Å². The van der Waals surface area contributed by atoms with Gasteiger partial charge in [-0.05, 0) is 19.2 Å². The molecule has 0 spiro atoms. The molecule has 1 saturated heterocycles. The van der Waals surface area contributed by atoms with Gasteiger partial charge in [-0.25, -0.2) is 4.98 Å². The summed E-state index contributed by atoms with van der Waals surface area (Å²) in [5, 5.41) is 0. The molecular formula is C8H11BBrN3. The van der Waals surface area contributed by atoms with E-state index in [1.165, 1.54) is 0 Å². The Morgan fingerprint density at radius 1 is 1.46 bits per heavy atom. The third-order valence-corrected chi connectivity index (χ3v) is 3.45. The average Bonchev–Trinajstić information content (AvgIpc) is 2.49. The lowest BCUT2D eigenvalue weighted by molar-refractivity contribution is 0.588. The Bertz CT molecular complexity index is 282. The Morgan fingerprint density at radius 2 is 2.31 bits per heavy atom. The monoisotopic (exact) mass is 239 g/mol. The third-order valence-electron chi connectivity index (χ3n) is 2.26. The lowest BCUT2D eigenvalue weighted by Crippen LogP contribution is -2.36. The number of nitrogens with zero attached hydrogens (tertiary/aromatic N) is 3. The summed E-state index contributed by atoms with van der Waals surface area (Å²) in [6.07, 6.45) is 1.83. The molecule has 2 heterocycles. The van der Waals surface area contributed by atoms with Crippen LogP contribution in [-0.2, 0) is 0 Å². The summed E-state index contributed by atoms with van der Waals surface area (Å²) in [5.74, 6) is 1.32. The Hall–Kier alpha value is -0.545. The normalized spacial score (nSPS) is 18.3. The van der Waals surface area contributed by atoms with E-state index in [4.69, 9.17) is 0 Å². The number of halogens is 1. The van der Waals surface area contributed by atoms with Gasteiger partial charge in [0.1, 0.15) is 5.82 Å². The molecule has 1 fully saturated rings. The molecule has 0 radical (unpaired) electrons. The number of aromatic nitrogens is 1. The number of likely N-dealkylation sites (N-methyl/N-ethyl adjacent to an activating group) is 1. The highest BCUT2D eigenvalue weighted by molar-refractivity contribution is 9.24. The highest BCUT2D eigenvalue weighted by Gasteiger charge is 2.32. The van der Waals surface area contributed by atoms with E-state index in [1.807, 2.05) is 24.4 Å². The topological polar surface area (TPSA) is 19.4 Å². The van der Waals surface area contributed by atoms with E-state index in [1.54, 1.807) is 0 Å². The van der Waals surface area contributed by atoms with Crippen molar-refractivity contribution < 1.29 is 0 Å². The van der Waals surface area contributed by atoms with E-state index < -0.39 is 0 Å². The predicted molar refractivity (Wildman–Crippen MR) is 58.9 cm³/mol. The minimum atomic E-state index is 0.280. The second-order valence-corrected chi connectivity index (χ2v) is 3.99. The number of anilines is 1. The van der Waals surface area contributed by atoms with Crippen LogP contribution in [0.3, 0.4) is 0 Å². The van der Waals surface area contributed by atoms with Gasteiger partial charge in [-0.2, -0.15) is 0 Å². The van der Waals surface area contributed by atoms with E-state index >= 15 is 0 Å². The number of pyridine rings is 1. The van der Waals surface area contributed by atoms with Crippen LogP contribution in [0.2, 0.25) is 0 Å². The van der Waals surface area contributed by atoms with Crippen LogP contribution in [0.25, 0.3) is 0 Å². The fourth-order valence-corrected chi connectivity index (χ4v) is 2.08. The van der Waals surface area contributed by atoms with E-state index in [-0.39, 0.29) is 5.81 Å². The molecule has 1 aromatic rings. The van der Waals surface area contributed by atoms with Crippen molar-refractivity contribution >= 4 is 27.4 Å². The number of hydrogen-bond donors (Lipinski definition) is 0. The van der Waals surface area contributed by atoms with Gasteiger partial charge in [0.15, 0.2) is 0 Å². The van der Waals surface area contributed by atoms with E-state index in [2.05, 4.69) is 37.4 Å². The standard InChI is InChI=1S/C8H11BBrN3/c1-12-6-7-13(9(12)10)8-4-2-3-5-11-8/h2-5H,6-7H2,1H3. The Balaban J connectivity index is 2.19. The molecule has 1 aromatic heterocycles. The lowest BCUT2D eigenvalue weighted by atomic mass is 10.1. The molecule has 1 aliphatic heterocycles. The molecule has 3 nitrogen and oxygen atoms in total. The predicted octanol–water partition coefficient (Wildman–Crippen LogP) is 1.21. The van der Waals surface area contributed by atoms with E-state index in [0.29, 0.717) is 0 Å². The average molecular weight is 240 g/mol. The maximum Gasteiger partial charge on any atom is 0.424 e. The van der Waals surface area contributed by atoms with Crippen LogP contribution in [0.4, 0.5) is 5.82 Å². The van der Waals surface area contributed by atoms with Crippen LogP contribution in [0.5, 0.6) is 0 Å². The van der Waals surface area contributed by atoms with Gasteiger partial charge in [0.2, 0.25) is 0 Å². The zero-order valence-corrected chi connectivity index (χ0v) is 9.11. The second kappa shape index (κ2) is 3.68. The molecule has 13 heavy (non-hydrogen) atoms. The first-order valence-corrected chi connectivity index (χ1v) is 5.22. The summed E-state index contributed by atoms with van der Waals surface area (Å²) in [5.41, 5.74) is 0. The summed E-state index contributed by atoms with van der Waals surface area (Å²) in [6.45, 7) is 2.11. The third kappa shape index (κ3) is 1.71. The summed E-state index contributed by atoms with van der Waals surface area (Å²) >= 11 is 3.62. The Kier molecular flexibility index (Phi) is 2.55. The van der Waals surface area contributed by atoms with Crippen molar-refractivity contribution in [3.63, 3.8) is 0 Å². The van der Waals surface area contributed by atoms with Crippen molar-refractivity contribution in [3.8, 4) is 0 Å². The Morgan fingerprint density at radius 3 is 2.85 bits per heavy atom. The van der Waals surface area contributed by atoms with Gasteiger partial charge >= 0.3 is 5.81 Å². The van der Waals surface area contributed by atoms with Crippen LogP contribution in [-0.4, -0.2) is 35.7 Å². The van der Waals surface area contributed by atoms with E-state index in [0.717, 1.165) is 18.9 Å². The van der Waals surface area contributed by atoms with Gasteiger partial charge in [0.05, 0.1) is 0 Å². The first kappa shape index (κ1) is 9.03. The molecule has 0 aliphatic carbocycles. The molecule has 0 unspecified atom stereocenters. The summed E-state index contributed by atoms with van der Waals surface area (Å²) in [7, 11) is 2.10. The van der Waals surface area contributed by atoms with Crippen molar-refractivity contribution in [1.29, 1.82) is 0 Å². The molecule has 0 amide bonds. The lowest BCUT2D eigenvalue weighted by Gasteiger charge is -2.19. The maximum atomic E-state index is 4.31. The summed E-state index contributed by atoms with van der Waals surface area (Å²) in [4.78, 5) is 8.80. The van der Waals surface area contributed by atoms with E-state index in [9.17, 15) is 0 Å². The van der Waals surface area contributed by atoms with Crippen LogP contribution < -0.4 is 4.81 Å². The molecule has 5 heteroatoms. The number of rotatable bonds is 1. The largest absolute Gasteiger partial charge is 0.424 e. The van der Waals surface area contributed by atoms with Gasteiger partial charge in [0.25, 0.3) is 0 Å². The van der Waals surface area contributed by atoms with Crippen molar-refractivity contribution in [2.24, 2.45) is 0 Å². The molecular weight excluding hydrogens is 229 g/mol. The van der Waals surface area contributed by atoms with Gasteiger partial charge in [0, 0.05) is 19.3 Å². The first-order valence-electron chi connectivity index (χ1n) is 4.31. The zero-order chi connectivity index (χ0) is 9.26. The minimum Gasteiger partial charge on any atom is -0.375 e. The maximum absolute atomic E-state index is 4.31. The van der Waals surface area contributed by atoms with Gasteiger partial charge in [-0.15, -0.1) is 15.8 Å². The highest BCUT2D eigenvalue weighted by Crippen LogP contribution is 2.20. The SMILES string of the molecule is CN1CCN(c2ccccn2)B1Br. The molecule has 0 atom stereocenters. The molecule has 0 aromatic carbocycles. The summed E-state index contributed by atoms with van der Waals surface area (Å²) < 4.78 is 0. The van der Waals surface area contributed by atoms with Crippen LogP contribution in [0.1, 0.15) is 0 Å². The van der Waals surface area contributed by atoms with Crippen molar-refractivity contribution in [3.05, 3.63) is 24.4 Å². The second-order valence-electron chi connectivity index (χ2n) is 3.17. The summed E-state index contributed by atoms with van der Waals surface area (Å²) in [6, 6.07) is 5.99. The Labute approximate surface area is 86.8 Å². The molecule has 68 valence electrons. The van der Waals surface area contributed by atoms with Gasteiger partial charge in [-0.1, -0.05) is 6.07 Å². The quantitative estimate of drug-likeness (QED) is 0.687. The zero-order valence-electron chi connectivity index (χ0n) is 7.52. The van der Waals surface area contributed by atoms with Crippen LogP contribution in [0, 0.1) is 0 Å². The number of hydrogen-bond acceptors (Lipinski definition) is 3.